The number of hydrogen-bond donors (Lipinski definition) is 1. The predicted molar refractivity (Wildman–Crippen MR) is 112 cm³/mol. The molecule has 2 atom stereocenters. The summed E-state index contributed by atoms with van der Waals surface area (Å²) in [5.41, 5.74) is 1.43. The van der Waals surface area contributed by atoms with E-state index in [-0.39, 0.29) is 30.1 Å². The van der Waals surface area contributed by atoms with E-state index in [1.165, 1.54) is 6.42 Å². The van der Waals surface area contributed by atoms with Crippen molar-refractivity contribution in [2.75, 3.05) is 47.0 Å². The Morgan fingerprint density at radius 2 is 2.16 bits per heavy atom. The van der Waals surface area contributed by atoms with E-state index in [9.17, 15) is 0 Å². The van der Waals surface area contributed by atoms with Crippen molar-refractivity contribution in [3.8, 4) is 0 Å². The number of likely N-dealkylation sites (tertiary alicyclic amines) is 1. The van der Waals surface area contributed by atoms with E-state index in [0.717, 1.165) is 49.3 Å². The molecule has 0 amide bonds. The van der Waals surface area contributed by atoms with Crippen LogP contribution in [0.1, 0.15) is 24.5 Å². The number of hydrogen-bond acceptors (Lipinski definition) is 3. The van der Waals surface area contributed by atoms with Crippen molar-refractivity contribution in [2.45, 2.75) is 18.9 Å². The van der Waals surface area contributed by atoms with Crippen LogP contribution in [0.4, 0.5) is 0 Å². The van der Waals surface area contributed by atoms with E-state index in [1.54, 1.807) is 7.11 Å². The topological polar surface area (TPSA) is 46.1 Å². The van der Waals surface area contributed by atoms with Crippen LogP contribution in [0.2, 0.25) is 5.02 Å². The number of aliphatic imine (C=N–C) groups is 1. The van der Waals surface area contributed by atoms with Crippen LogP contribution in [0.15, 0.2) is 29.3 Å². The Kier molecular flexibility index (Phi) is 7.79. The lowest BCUT2D eigenvalue weighted by Crippen LogP contribution is -2.43. The third kappa shape index (κ3) is 4.99. The highest BCUT2D eigenvalue weighted by molar-refractivity contribution is 14.0. The fourth-order valence-corrected chi connectivity index (χ4v) is 3.74. The molecule has 0 aliphatic carbocycles. The number of ether oxygens (including phenoxy) is 2. The summed E-state index contributed by atoms with van der Waals surface area (Å²) in [5, 5.41) is 4.19. The molecule has 2 fully saturated rings. The average Bonchev–Trinajstić information content (AvgIpc) is 3.23. The van der Waals surface area contributed by atoms with Gasteiger partial charge in [0, 0.05) is 50.8 Å². The Labute approximate surface area is 172 Å². The second kappa shape index (κ2) is 9.39. The standard InChI is InChI=1S/C18H26ClN3O2.HI/c1-20-17(22-9-7-18(12-22)8-10-24-13-18)21-11-16(23-2)14-3-5-15(19)6-4-14;/h3-6,16H,7-13H2,1-2H3,(H,20,21);1H. The Morgan fingerprint density at radius 3 is 2.76 bits per heavy atom. The summed E-state index contributed by atoms with van der Waals surface area (Å²) < 4.78 is 11.2. The summed E-state index contributed by atoms with van der Waals surface area (Å²) in [4.78, 5) is 6.79. The predicted octanol–water partition coefficient (Wildman–Crippen LogP) is 3.33. The number of rotatable bonds is 4. The molecule has 2 unspecified atom stereocenters. The second-order valence-corrected chi connectivity index (χ2v) is 7.11. The SMILES string of the molecule is CN=C(NCC(OC)c1ccc(Cl)cc1)N1CCC2(CCOC2)C1.I. The maximum Gasteiger partial charge on any atom is 0.193 e. The van der Waals surface area contributed by atoms with E-state index in [2.05, 4.69) is 15.2 Å². The lowest BCUT2D eigenvalue weighted by atomic mass is 9.87. The molecule has 1 N–H and O–H groups in total. The second-order valence-electron chi connectivity index (χ2n) is 6.68. The summed E-state index contributed by atoms with van der Waals surface area (Å²) in [5.74, 6) is 0.940. The van der Waals surface area contributed by atoms with Gasteiger partial charge in [0.05, 0.1) is 12.7 Å². The van der Waals surface area contributed by atoms with E-state index >= 15 is 0 Å². The van der Waals surface area contributed by atoms with Gasteiger partial charge in [-0.2, -0.15) is 0 Å². The first kappa shape index (κ1) is 20.7. The quantitative estimate of drug-likeness (QED) is 0.409. The summed E-state index contributed by atoms with van der Waals surface area (Å²) in [6, 6.07) is 7.79. The van der Waals surface area contributed by atoms with Crippen LogP contribution in [0.25, 0.3) is 0 Å². The number of guanidine groups is 1. The van der Waals surface area contributed by atoms with E-state index in [0.29, 0.717) is 12.0 Å². The zero-order valence-corrected chi connectivity index (χ0v) is 17.9. The van der Waals surface area contributed by atoms with Crippen molar-refractivity contribution in [3.05, 3.63) is 34.9 Å². The summed E-state index contributed by atoms with van der Waals surface area (Å²) >= 11 is 5.96. The van der Waals surface area contributed by atoms with Crippen LogP contribution in [0.3, 0.4) is 0 Å². The number of nitrogens with zero attached hydrogens (tertiary/aromatic N) is 2. The number of methoxy groups -OCH3 is 1. The summed E-state index contributed by atoms with van der Waals surface area (Å²) in [7, 11) is 3.56. The van der Waals surface area contributed by atoms with Crippen molar-refractivity contribution in [1.82, 2.24) is 10.2 Å². The average molecular weight is 480 g/mol. The normalized spacial score (nSPS) is 24.4. The maximum atomic E-state index is 5.96. The zero-order valence-electron chi connectivity index (χ0n) is 14.8. The van der Waals surface area contributed by atoms with Crippen LogP contribution >= 0.6 is 35.6 Å². The van der Waals surface area contributed by atoms with Gasteiger partial charge >= 0.3 is 0 Å². The fraction of sp³-hybridized carbons (Fsp3) is 0.611. The molecule has 140 valence electrons. The van der Waals surface area contributed by atoms with Gasteiger partial charge in [-0.05, 0) is 30.5 Å². The van der Waals surface area contributed by atoms with Crippen molar-refractivity contribution in [2.24, 2.45) is 10.4 Å². The van der Waals surface area contributed by atoms with E-state index in [4.69, 9.17) is 21.1 Å². The molecule has 5 nitrogen and oxygen atoms in total. The van der Waals surface area contributed by atoms with Gasteiger partial charge < -0.3 is 19.7 Å². The largest absolute Gasteiger partial charge is 0.381 e. The molecular weight excluding hydrogens is 453 g/mol. The minimum Gasteiger partial charge on any atom is -0.381 e. The number of halogens is 2. The molecule has 1 spiro atoms. The monoisotopic (exact) mass is 479 g/mol. The van der Waals surface area contributed by atoms with Crippen LogP contribution in [-0.4, -0.2) is 57.9 Å². The van der Waals surface area contributed by atoms with Gasteiger partial charge in [-0.1, -0.05) is 23.7 Å². The summed E-state index contributed by atoms with van der Waals surface area (Å²) in [6.07, 6.45) is 2.30. The van der Waals surface area contributed by atoms with E-state index in [1.807, 2.05) is 31.3 Å². The molecule has 3 rings (SSSR count). The molecule has 0 aromatic heterocycles. The molecule has 0 radical (unpaired) electrons. The molecule has 7 heteroatoms. The molecule has 2 aliphatic heterocycles. The fourth-order valence-electron chi connectivity index (χ4n) is 3.62. The molecule has 0 bridgehead atoms. The molecule has 2 heterocycles. The van der Waals surface area contributed by atoms with Gasteiger partial charge in [0.1, 0.15) is 0 Å². The number of nitrogens with one attached hydrogen (secondary N) is 1. The Balaban J connectivity index is 0.00000225. The maximum absolute atomic E-state index is 5.96. The Bertz CT molecular complexity index is 576. The van der Waals surface area contributed by atoms with Gasteiger partial charge in [0.15, 0.2) is 5.96 Å². The molecule has 1 aromatic rings. The van der Waals surface area contributed by atoms with E-state index < -0.39 is 0 Å². The molecule has 1 aromatic carbocycles. The highest BCUT2D eigenvalue weighted by Gasteiger charge is 2.42. The highest BCUT2D eigenvalue weighted by Crippen LogP contribution is 2.38. The highest BCUT2D eigenvalue weighted by atomic mass is 127. The van der Waals surface area contributed by atoms with Crippen molar-refractivity contribution in [1.29, 1.82) is 0 Å². The number of benzene rings is 1. The van der Waals surface area contributed by atoms with Gasteiger partial charge in [-0.15, -0.1) is 24.0 Å². The minimum absolute atomic E-state index is 0. The minimum atomic E-state index is -0.0367. The lowest BCUT2D eigenvalue weighted by molar-refractivity contribution is 0.106. The van der Waals surface area contributed by atoms with Gasteiger partial charge in [0.25, 0.3) is 0 Å². The van der Waals surface area contributed by atoms with Crippen molar-refractivity contribution >= 4 is 41.5 Å². The third-order valence-corrected chi connectivity index (χ3v) is 5.36. The third-order valence-electron chi connectivity index (χ3n) is 5.11. The Hall–Kier alpha value is -0.570. The lowest BCUT2D eigenvalue weighted by Gasteiger charge is -2.26. The van der Waals surface area contributed by atoms with Crippen LogP contribution < -0.4 is 5.32 Å². The molecular formula is C18H27ClIN3O2. The first-order valence-corrected chi connectivity index (χ1v) is 8.85. The molecule has 2 aliphatic rings. The van der Waals surface area contributed by atoms with Crippen molar-refractivity contribution < 1.29 is 9.47 Å². The molecule has 2 saturated heterocycles. The Morgan fingerprint density at radius 1 is 1.40 bits per heavy atom. The first-order chi connectivity index (χ1) is 11.7. The van der Waals surface area contributed by atoms with Crippen LogP contribution in [0.5, 0.6) is 0 Å². The van der Waals surface area contributed by atoms with Gasteiger partial charge in [0.2, 0.25) is 0 Å². The van der Waals surface area contributed by atoms with Gasteiger partial charge in [-0.3, -0.25) is 4.99 Å². The smallest absolute Gasteiger partial charge is 0.193 e. The van der Waals surface area contributed by atoms with Gasteiger partial charge in [-0.25, -0.2) is 0 Å². The molecule has 25 heavy (non-hydrogen) atoms. The van der Waals surface area contributed by atoms with Crippen molar-refractivity contribution in [3.63, 3.8) is 0 Å². The molecule has 0 saturated carbocycles. The summed E-state index contributed by atoms with van der Waals surface area (Å²) in [6.45, 7) is 4.49. The van der Waals surface area contributed by atoms with Crippen LogP contribution in [-0.2, 0) is 9.47 Å². The zero-order chi connectivity index (χ0) is 17.0. The van der Waals surface area contributed by atoms with Crippen LogP contribution in [0, 0.1) is 5.41 Å². The first-order valence-electron chi connectivity index (χ1n) is 8.47.